The molecule has 4 atom stereocenters. The second kappa shape index (κ2) is 20.7. The van der Waals surface area contributed by atoms with Crippen molar-refractivity contribution in [2.45, 2.75) is 129 Å². The number of likely N-dealkylation sites (N-methyl/N-ethyl adjacent to an activating group) is 1. The van der Waals surface area contributed by atoms with Crippen molar-refractivity contribution in [3.63, 3.8) is 0 Å². The van der Waals surface area contributed by atoms with E-state index in [1.165, 1.54) is 11.0 Å². The lowest BCUT2D eigenvalue weighted by molar-refractivity contribution is -0.156. The van der Waals surface area contributed by atoms with E-state index in [-0.39, 0.29) is 49.1 Å². The first-order chi connectivity index (χ1) is 34.9. The van der Waals surface area contributed by atoms with E-state index in [1.54, 1.807) is 35.2 Å². The van der Waals surface area contributed by atoms with Crippen molar-refractivity contribution in [1.29, 1.82) is 0 Å². The number of aryl methyl sites for hydroxylation is 1. The molecule has 73 heavy (non-hydrogen) atoms. The lowest BCUT2D eigenvalue weighted by Crippen LogP contribution is -2.62. The maximum atomic E-state index is 15.2. The van der Waals surface area contributed by atoms with Gasteiger partial charge in [-0.1, -0.05) is 64.6 Å². The zero-order valence-corrected chi connectivity index (χ0v) is 44.0. The fraction of sp³-hybridized carbons (Fsp3) is 0.544. The Bertz CT molecular complexity index is 2770. The molecule has 4 aromatic rings. The highest BCUT2D eigenvalue weighted by molar-refractivity contribution is 5.96. The molecule has 2 aromatic carbocycles. The van der Waals surface area contributed by atoms with Crippen molar-refractivity contribution in [1.82, 2.24) is 40.0 Å². The number of urea groups is 1. The van der Waals surface area contributed by atoms with Crippen molar-refractivity contribution >= 4 is 40.6 Å². The quantitative estimate of drug-likeness (QED) is 0.120. The van der Waals surface area contributed by atoms with E-state index >= 15 is 4.79 Å². The van der Waals surface area contributed by atoms with Crippen molar-refractivity contribution in [3.05, 3.63) is 90.3 Å². The summed E-state index contributed by atoms with van der Waals surface area (Å²) in [5.74, 6) is -2.06. The number of nitrogens with zero attached hydrogens (tertiary/aromatic N) is 6. The average molecular weight is 999 g/mol. The molecule has 4 fully saturated rings. The van der Waals surface area contributed by atoms with E-state index < -0.39 is 40.5 Å². The van der Waals surface area contributed by atoms with Gasteiger partial charge in [-0.2, -0.15) is 0 Å². The van der Waals surface area contributed by atoms with Crippen LogP contribution in [-0.2, 0) is 52.8 Å². The molecule has 5 amide bonds. The van der Waals surface area contributed by atoms with Crippen LogP contribution in [0.25, 0.3) is 33.3 Å². The summed E-state index contributed by atoms with van der Waals surface area (Å²) in [4.78, 5) is 80.4. The van der Waals surface area contributed by atoms with Crippen molar-refractivity contribution in [2.75, 3.05) is 53.7 Å². The van der Waals surface area contributed by atoms with Crippen LogP contribution in [0.1, 0.15) is 103 Å². The van der Waals surface area contributed by atoms with Gasteiger partial charge in [0, 0.05) is 68.4 Å². The van der Waals surface area contributed by atoms with Gasteiger partial charge in [-0.05, 0) is 124 Å². The number of hydrogen-bond donors (Lipinski definition) is 2. The number of benzene rings is 2. The first-order valence-corrected chi connectivity index (χ1v) is 26.3. The van der Waals surface area contributed by atoms with Crippen LogP contribution in [0, 0.1) is 17.3 Å². The Morgan fingerprint density at radius 1 is 1.00 bits per heavy atom. The number of amides is 5. The normalized spacial score (nSPS) is 22.4. The van der Waals surface area contributed by atoms with Crippen LogP contribution in [0.4, 0.5) is 4.79 Å². The van der Waals surface area contributed by atoms with Gasteiger partial charge in [-0.25, -0.2) is 10.2 Å². The highest BCUT2D eigenvalue weighted by atomic mass is 16.5. The molecule has 390 valence electrons. The van der Waals surface area contributed by atoms with Crippen molar-refractivity contribution < 1.29 is 38.2 Å². The minimum absolute atomic E-state index is 0.155. The van der Waals surface area contributed by atoms with Gasteiger partial charge >= 0.3 is 12.0 Å². The van der Waals surface area contributed by atoms with Crippen LogP contribution in [0.3, 0.4) is 0 Å². The molecule has 1 spiro atoms. The number of piperidine rings is 1. The summed E-state index contributed by atoms with van der Waals surface area (Å²) in [6, 6.07) is 17.2. The van der Waals surface area contributed by atoms with Gasteiger partial charge in [0.2, 0.25) is 17.7 Å². The monoisotopic (exact) mass is 999 g/mol. The second-order valence-electron chi connectivity index (χ2n) is 22.2. The molecule has 16 nitrogen and oxygen atoms in total. The number of carbonyl (C=O) groups excluding carboxylic acids is 5. The Balaban J connectivity index is 1.04. The number of methoxy groups -OCH3 is 1. The fourth-order valence-corrected chi connectivity index (χ4v) is 11.9. The smallest absolute Gasteiger partial charge is 0.324 e. The van der Waals surface area contributed by atoms with Gasteiger partial charge in [0.05, 0.1) is 47.7 Å². The number of likely N-dealkylation sites (tertiary alicyclic amines) is 1. The molecule has 2 aromatic heterocycles. The van der Waals surface area contributed by atoms with Crippen molar-refractivity contribution in [2.24, 2.45) is 17.3 Å². The number of rotatable bonds is 10. The van der Waals surface area contributed by atoms with Crippen LogP contribution in [0.15, 0.2) is 73.4 Å². The van der Waals surface area contributed by atoms with Gasteiger partial charge in [0.25, 0.3) is 0 Å². The van der Waals surface area contributed by atoms with Gasteiger partial charge in [0.1, 0.15) is 18.8 Å². The summed E-state index contributed by atoms with van der Waals surface area (Å²) in [6.07, 6.45) is 7.14. The van der Waals surface area contributed by atoms with E-state index in [0.29, 0.717) is 84.1 Å². The number of hydrogen-bond acceptors (Lipinski definition) is 10. The van der Waals surface area contributed by atoms with Gasteiger partial charge in [-0.3, -0.25) is 29.2 Å². The molecular formula is C57H74N8O8. The number of hydrazine groups is 1. The predicted octanol–water partition coefficient (Wildman–Crippen LogP) is 7.44. The average Bonchev–Trinajstić information content (AvgIpc) is 3.95. The summed E-state index contributed by atoms with van der Waals surface area (Å²) >= 11 is 0. The second-order valence-corrected chi connectivity index (χ2v) is 22.2. The summed E-state index contributed by atoms with van der Waals surface area (Å²) < 4.78 is 20.5. The van der Waals surface area contributed by atoms with E-state index in [0.717, 1.165) is 50.1 Å². The Morgan fingerprint density at radius 2 is 1.75 bits per heavy atom. The molecule has 1 aliphatic carbocycles. The highest BCUT2D eigenvalue weighted by Gasteiger charge is 2.56. The third kappa shape index (κ3) is 10.3. The topological polar surface area (TPSA) is 168 Å². The molecule has 5 aliphatic rings. The lowest BCUT2D eigenvalue weighted by atomic mass is 9.84. The third-order valence-electron chi connectivity index (χ3n) is 16.2. The standard InChI is InChI=1S/C57H74N8O8/c1-10-47(66)63-33-56(73-35-63)23-27-62(28-24-56)54(70)61(8)49(36(3)4)51(67)59-57(21-22-57)44-30-38-15-12-16-39(29-38)40-19-20-46-42(31-40)43(50(64(46)11-2)41-17-13-25-58-48(41)37(5)71-9)32-55(6,7)34-72-53(69)45-18-14-26-65(60-45)52(44)68/h10,12-13,15-17,19-20,25,29,31,36-37,44-45,49,60H,1,11,14,18,21-24,26-28,30,32-35H2,2-9H3,(H,59,67)/t37-,44-,45-,49-/m0/s1. The molecule has 0 radical (unpaired) electrons. The summed E-state index contributed by atoms with van der Waals surface area (Å²) in [6.45, 7) is 18.6. The number of ether oxygens (including phenoxy) is 3. The SMILES string of the molecule is C=CC(=O)N1COC2(CCN(C(=O)N(C)[C@H](C(=O)NC3([C@H]4Cc5cccc(c5)-c5ccc6c(c5)c(c(-c5cccnc5[C@H](C)OC)n6CC)CC(C)(C)COC(=O)[C@@H]5CCCN(N5)C4=O)CC3)C(C)C)CC2)C1. The third-order valence-corrected chi connectivity index (χ3v) is 16.2. The van der Waals surface area contributed by atoms with E-state index in [1.807, 2.05) is 39.0 Å². The zero-order valence-electron chi connectivity index (χ0n) is 44.0. The minimum atomic E-state index is -0.897. The minimum Gasteiger partial charge on any atom is -0.464 e. The summed E-state index contributed by atoms with van der Waals surface area (Å²) in [5, 5.41) is 6.05. The Kier molecular flexibility index (Phi) is 14.7. The molecule has 16 heteroatoms. The van der Waals surface area contributed by atoms with Gasteiger partial charge in [0.15, 0.2) is 0 Å². The molecule has 6 bridgehead atoms. The number of fused-ring (bicyclic) bond motifs is 6. The number of cyclic esters (lactones) is 1. The maximum absolute atomic E-state index is 15.2. The Hall–Kier alpha value is -6.10. The van der Waals surface area contributed by atoms with Crippen LogP contribution < -0.4 is 10.7 Å². The first-order valence-electron chi connectivity index (χ1n) is 26.3. The highest BCUT2D eigenvalue weighted by Crippen LogP contribution is 2.46. The van der Waals surface area contributed by atoms with E-state index in [4.69, 9.17) is 19.2 Å². The molecule has 4 aliphatic heterocycles. The zero-order chi connectivity index (χ0) is 52.0. The van der Waals surface area contributed by atoms with Crippen LogP contribution in [-0.4, -0.2) is 136 Å². The lowest BCUT2D eigenvalue weighted by Gasteiger charge is -2.41. The molecule has 1 saturated carbocycles. The number of aromatic nitrogens is 2. The van der Waals surface area contributed by atoms with Crippen molar-refractivity contribution in [3.8, 4) is 22.4 Å². The first kappa shape index (κ1) is 51.8. The summed E-state index contributed by atoms with van der Waals surface area (Å²) in [5.41, 5.74) is 9.46. The van der Waals surface area contributed by atoms with Crippen LogP contribution in [0.5, 0.6) is 0 Å². The molecule has 2 N–H and O–H groups in total. The summed E-state index contributed by atoms with van der Waals surface area (Å²) in [7, 11) is 3.37. The van der Waals surface area contributed by atoms with Crippen LogP contribution >= 0.6 is 0 Å². The predicted molar refractivity (Wildman–Crippen MR) is 279 cm³/mol. The molecule has 3 saturated heterocycles. The van der Waals surface area contributed by atoms with Gasteiger partial charge in [-0.15, -0.1) is 0 Å². The molecule has 0 unspecified atom stereocenters. The number of nitrogens with one attached hydrogen (secondary N) is 2. The Labute approximate surface area is 429 Å². The maximum Gasteiger partial charge on any atom is 0.324 e. The van der Waals surface area contributed by atoms with E-state index in [2.05, 4.69) is 79.1 Å². The van der Waals surface area contributed by atoms with Gasteiger partial charge < -0.3 is 38.8 Å². The number of esters is 1. The largest absolute Gasteiger partial charge is 0.464 e. The van der Waals surface area contributed by atoms with E-state index in [9.17, 15) is 19.2 Å². The molecular weight excluding hydrogens is 925 g/mol. The van der Waals surface area contributed by atoms with Crippen LogP contribution in [0.2, 0.25) is 0 Å². The number of carbonyl (C=O) groups is 5. The molecule has 9 rings (SSSR count). The fourth-order valence-electron chi connectivity index (χ4n) is 11.9. The number of pyridine rings is 1. The Morgan fingerprint density at radius 3 is 2.45 bits per heavy atom. The molecule has 6 heterocycles.